The molecule has 0 unspecified atom stereocenters. The SMILES string of the molecule is Cc1ccc(Br)c(Nc2cc(N)ccc2C(=O)O)c1. The number of carbonyl (C=O) groups is 1. The summed E-state index contributed by atoms with van der Waals surface area (Å²) in [6, 6.07) is 10.5. The maximum atomic E-state index is 11.2. The van der Waals surface area contributed by atoms with Crippen molar-refractivity contribution in [3.8, 4) is 0 Å². The monoisotopic (exact) mass is 320 g/mol. The number of halogens is 1. The molecule has 0 saturated carbocycles. The molecule has 4 N–H and O–H groups in total. The van der Waals surface area contributed by atoms with Gasteiger partial charge in [0.2, 0.25) is 0 Å². The number of hydrogen-bond acceptors (Lipinski definition) is 3. The third-order valence-electron chi connectivity index (χ3n) is 2.67. The van der Waals surface area contributed by atoms with Crippen molar-refractivity contribution in [2.24, 2.45) is 0 Å². The van der Waals surface area contributed by atoms with Crippen LogP contribution in [0, 0.1) is 6.92 Å². The largest absolute Gasteiger partial charge is 0.478 e. The Labute approximate surface area is 119 Å². The topological polar surface area (TPSA) is 75.3 Å². The molecule has 5 heteroatoms. The van der Waals surface area contributed by atoms with Crippen LogP contribution in [0.1, 0.15) is 15.9 Å². The second kappa shape index (κ2) is 5.32. The van der Waals surface area contributed by atoms with Gasteiger partial charge in [-0.1, -0.05) is 6.07 Å². The molecule has 0 aliphatic heterocycles. The van der Waals surface area contributed by atoms with Gasteiger partial charge in [-0.3, -0.25) is 0 Å². The highest BCUT2D eigenvalue weighted by Gasteiger charge is 2.11. The summed E-state index contributed by atoms with van der Waals surface area (Å²) >= 11 is 3.43. The molecule has 0 atom stereocenters. The maximum absolute atomic E-state index is 11.2. The molecule has 0 spiro atoms. The number of carboxylic acids is 1. The first-order chi connectivity index (χ1) is 8.97. The number of nitrogens with one attached hydrogen (secondary N) is 1. The Morgan fingerprint density at radius 2 is 1.95 bits per heavy atom. The van der Waals surface area contributed by atoms with Crippen molar-refractivity contribution in [2.45, 2.75) is 6.92 Å². The van der Waals surface area contributed by atoms with Gasteiger partial charge in [-0.15, -0.1) is 0 Å². The Morgan fingerprint density at radius 1 is 1.21 bits per heavy atom. The zero-order valence-electron chi connectivity index (χ0n) is 10.3. The van der Waals surface area contributed by atoms with E-state index in [0.29, 0.717) is 11.4 Å². The van der Waals surface area contributed by atoms with Crippen molar-refractivity contribution in [3.63, 3.8) is 0 Å². The normalized spacial score (nSPS) is 10.2. The number of aromatic carboxylic acids is 1. The number of aryl methyl sites for hydroxylation is 1. The van der Waals surface area contributed by atoms with Crippen molar-refractivity contribution in [2.75, 3.05) is 11.1 Å². The Hall–Kier alpha value is -2.01. The van der Waals surface area contributed by atoms with Crippen LogP contribution in [0.3, 0.4) is 0 Å². The minimum atomic E-state index is -0.994. The van der Waals surface area contributed by atoms with Gasteiger partial charge >= 0.3 is 5.97 Å². The van der Waals surface area contributed by atoms with Gasteiger partial charge < -0.3 is 16.2 Å². The molecule has 0 amide bonds. The van der Waals surface area contributed by atoms with Crippen molar-refractivity contribution in [1.82, 2.24) is 0 Å². The van der Waals surface area contributed by atoms with Crippen LogP contribution < -0.4 is 11.1 Å². The second-order valence-corrected chi connectivity index (χ2v) is 5.07. The summed E-state index contributed by atoms with van der Waals surface area (Å²) in [6.45, 7) is 1.97. The molecule has 0 bridgehead atoms. The minimum absolute atomic E-state index is 0.183. The van der Waals surface area contributed by atoms with E-state index >= 15 is 0 Å². The molecule has 98 valence electrons. The van der Waals surface area contributed by atoms with E-state index in [0.717, 1.165) is 15.7 Å². The highest BCUT2D eigenvalue weighted by Crippen LogP contribution is 2.29. The highest BCUT2D eigenvalue weighted by molar-refractivity contribution is 9.10. The van der Waals surface area contributed by atoms with E-state index in [1.807, 2.05) is 25.1 Å². The molecule has 0 aliphatic carbocycles. The van der Waals surface area contributed by atoms with Crippen LogP contribution >= 0.6 is 15.9 Å². The van der Waals surface area contributed by atoms with Gasteiger partial charge in [0.25, 0.3) is 0 Å². The smallest absolute Gasteiger partial charge is 0.337 e. The lowest BCUT2D eigenvalue weighted by Crippen LogP contribution is -2.04. The molecule has 2 aromatic rings. The molecule has 0 fully saturated rings. The van der Waals surface area contributed by atoms with Gasteiger partial charge in [-0.05, 0) is 58.7 Å². The number of hydrogen-bond donors (Lipinski definition) is 3. The zero-order chi connectivity index (χ0) is 14.0. The molecule has 0 radical (unpaired) electrons. The van der Waals surface area contributed by atoms with Crippen LogP contribution in [0.25, 0.3) is 0 Å². The molecular formula is C14H13BrN2O2. The van der Waals surface area contributed by atoms with Crippen LogP contribution in [0.4, 0.5) is 17.1 Å². The number of nitrogens with two attached hydrogens (primary N) is 1. The average molecular weight is 321 g/mol. The van der Waals surface area contributed by atoms with Crippen molar-refractivity contribution < 1.29 is 9.90 Å². The van der Waals surface area contributed by atoms with Crippen LogP contribution in [0.2, 0.25) is 0 Å². The summed E-state index contributed by atoms with van der Waals surface area (Å²) in [6.07, 6.45) is 0. The van der Waals surface area contributed by atoms with Gasteiger partial charge in [0.05, 0.1) is 16.9 Å². The lowest BCUT2D eigenvalue weighted by atomic mass is 10.1. The minimum Gasteiger partial charge on any atom is -0.478 e. The van der Waals surface area contributed by atoms with E-state index in [-0.39, 0.29) is 5.56 Å². The van der Waals surface area contributed by atoms with Crippen LogP contribution in [-0.4, -0.2) is 11.1 Å². The zero-order valence-corrected chi connectivity index (χ0v) is 11.9. The molecule has 4 nitrogen and oxygen atoms in total. The van der Waals surface area contributed by atoms with Gasteiger partial charge in [0.15, 0.2) is 0 Å². The predicted octanol–water partition coefficient (Wildman–Crippen LogP) is 3.78. The first kappa shape index (κ1) is 13.4. The van der Waals surface area contributed by atoms with E-state index in [1.165, 1.54) is 6.07 Å². The molecule has 0 aliphatic rings. The van der Waals surface area contributed by atoms with E-state index in [4.69, 9.17) is 10.8 Å². The Balaban J connectivity index is 2.45. The maximum Gasteiger partial charge on any atom is 0.337 e. The van der Waals surface area contributed by atoms with Crippen LogP contribution in [0.15, 0.2) is 40.9 Å². The molecule has 19 heavy (non-hydrogen) atoms. The Morgan fingerprint density at radius 3 is 2.63 bits per heavy atom. The number of benzene rings is 2. The summed E-state index contributed by atoms with van der Waals surface area (Å²) in [5, 5.41) is 12.3. The number of anilines is 3. The van der Waals surface area contributed by atoms with E-state index < -0.39 is 5.97 Å². The molecule has 0 heterocycles. The number of nitrogen functional groups attached to an aromatic ring is 1. The summed E-state index contributed by atoms with van der Waals surface area (Å²) < 4.78 is 0.858. The van der Waals surface area contributed by atoms with Crippen LogP contribution in [-0.2, 0) is 0 Å². The van der Waals surface area contributed by atoms with Gasteiger partial charge in [0.1, 0.15) is 0 Å². The predicted molar refractivity (Wildman–Crippen MR) is 80.0 cm³/mol. The lowest BCUT2D eigenvalue weighted by Gasteiger charge is -2.12. The van der Waals surface area contributed by atoms with Crippen molar-refractivity contribution in [1.29, 1.82) is 0 Å². The number of rotatable bonds is 3. The van der Waals surface area contributed by atoms with Crippen molar-refractivity contribution >= 4 is 39.0 Å². The molecular weight excluding hydrogens is 308 g/mol. The van der Waals surface area contributed by atoms with Crippen molar-refractivity contribution in [3.05, 3.63) is 52.0 Å². The molecule has 2 rings (SSSR count). The van der Waals surface area contributed by atoms with Gasteiger partial charge in [-0.25, -0.2) is 4.79 Å². The van der Waals surface area contributed by atoms with E-state index in [1.54, 1.807) is 12.1 Å². The Bertz CT molecular complexity index is 641. The van der Waals surface area contributed by atoms with E-state index in [2.05, 4.69) is 21.2 Å². The molecule has 2 aromatic carbocycles. The lowest BCUT2D eigenvalue weighted by molar-refractivity contribution is 0.0698. The Kier molecular flexibility index (Phi) is 3.76. The summed E-state index contributed by atoms with van der Waals surface area (Å²) in [7, 11) is 0. The summed E-state index contributed by atoms with van der Waals surface area (Å²) in [4.78, 5) is 11.2. The second-order valence-electron chi connectivity index (χ2n) is 4.22. The quantitative estimate of drug-likeness (QED) is 0.752. The number of carboxylic acid groups (broad SMARTS) is 1. The standard InChI is InChI=1S/C14H13BrN2O2/c1-8-2-5-11(15)13(6-8)17-12-7-9(16)3-4-10(12)14(18)19/h2-7,17H,16H2,1H3,(H,18,19). The van der Waals surface area contributed by atoms with Gasteiger partial charge in [0, 0.05) is 10.2 Å². The summed E-state index contributed by atoms with van der Waals surface area (Å²) in [5.74, 6) is -0.994. The fourth-order valence-corrected chi connectivity index (χ4v) is 2.08. The van der Waals surface area contributed by atoms with Crippen LogP contribution in [0.5, 0.6) is 0 Å². The third-order valence-corrected chi connectivity index (χ3v) is 3.36. The summed E-state index contributed by atoms with van der Waals surface area (Å²) in [5.41, 5.74) is 8.74. The third kappa shape index (κ3) is 3.06. The van der Waals surface area contributed by atoms with Gasteiger partial charge in [-0.2, -0.15) is 0 Å². The molecule has 0 saturated heterocycles. The molecule has 0 aromatic heterocycles. The fourth-order valence-electron chi connectivity index (χ4n) is 1.73. The average Bonchev–Trinajstić information content (AvgIpc) is 2.33. The first-order valence-corrected chi connectivity index (χ1v) is 6.42. The fraction of sp³-hybridized carbons (Fsp3) is 0.0714. The first-order valence-electron chi connectivity index (χ1n) is 5.63. The highest BCUT2D eigenvalue weighted by atomic mass is 79.9. The van der Waals surface area contributed by atoms with E-state index in [9.17, 15) is 4.79 Å².